The zero-order valence-corrected chi connectivity index (χ0v) is 15.9. The largest absolute Gasteiger partial charge is 0.491 e. The molecule has 1 aliphatic carbocycles. The van der Waals surface area contributed by atoms with Gasteiger partial charge >= 0.3 is 6.03 Å². The molecule has 140 valence electrons. The summed E-state index contributed by atoms with van der Waals surface area (Å²) in [5.41, 5.74) is 0.716. The predicted molar refractivity (Wildman–Crippen MR) is 105 cm³/mol. The van der Waals surface area contributed by atoms with Crippen molar-refractivity contribution < 1.29 is 14.3 Å². The van der Waals surface area contributed by atoms with Crippen LogP contribution >= 0.6 is 11.3 Å². The zero-order valence-electron chi connectivity index (χ0n) is 15.1. The highest BCUT2D eigenvalue weighted by molar-refractivity contribution is 7.10. The lowest BCUT2D eigenvalue weighted by molar-refractivity contribution is 0.146. The highest BCUT2D eigenvalue weighted by Gasteiger charge is 2.28. The fourth-order valence-corrected chi connectivity index (χ4v) is 4.26. The van der Waals surface area contributed by atoms with E-state index in [2.05, 4.69) is 22.1 Å². The summed E-state index contributed by atoms with van der Waals surface area (Å²) < 4.78 is 10.6. The summed E-state index contributed by atoms with van der Waals surface area (Å²) in [7, 11) is 1.64. The molecule has 5 nitrogen and oxygen atoms in total. The van der Waals surface area contributed by atoms with Crippen LogP contribution in [-0.4, -0.2) is 26.4 Å². The van der Waals surface area contributed by atoms with E-state index in [0.717, 1.165) is 0 Å². The maximum Gasteiger partial charge on any atom is 0.319 e. The number of nitrogens with one attached hydrogen (secondary N) is 2. The molecule has 1 aromatic carbocycles. The van der Waals surface area contributed by atoms with Gasteiger partial charge in [0.2, 0.25) is 0 Å². The minimum atomic E-state index is -0.177. The fraction of sp³-hybridized carbons (Fsp3) is 0.450. The van der Waals surface area contributed by atoms with Crippen molar-refractivity contribution in [3.8, 4) is 5.75 Å². The van der Waals surface area contributed by atoms with Gasteiger partial charge in [-0.15, -0.1) is 11.3 Å². The Balaban J connectivity index is 1.60. The lowest BCUT2D eigenvalue weighted by atomic mass is 9.97. The number of hydrogen-bond acceptors (Lipinski definition) is 4. The summed E-state index contributed by atoms with van der Waals surface area (Å²) in [4.78, 5) is 13.8. The number of ether oxygens (including phenoxy) is 2. The molecule has 1 heterocycles. The van der Waals surface area contributed by atoms with Gasteiger partial charge in [-0.05, 0) is 42.3 Å². The highest BCUT2D eigenvalue weighted by Crippen LogP contribution is 2.37. The average Bonchev–Trinajstić information content (AvgIpc) is 3.34. The van der Waals surface area contributed by atoms with E-state index in [1.54, 1.807) is 18.4 Å². The van der Waals surface area contributed by atoms with Crippen LogP contribution in [0.5, 0.6) is 5.75 Å². The molecule has 0 aliphatic heterocycles. The van der Waals surface area contributed by atoms with Crippen molar-refractivity contribution in [2.45, 2.75) is 31.7 Å². The average molecular weight is 375 g/mol. The monoisotopic (exact) mass is 374 g/mol. The smallest absolute Gasteiger partial charge is 0.319 e. The van der Waals surface area contributed by atoms with Crippen LogP contribution in [0.3, 0.4) is 0 Å². The van der Waals surface area contributed by atoms with Crippen LogP contribution in [-0.2, 0) is 4.74 Å². The normalized spacial score (nSPS) is 15.6. The van der Waals surface area contributed by atoms with Crippen LogP contribution in [0, 0.1) is 5.92 Å². The van der Waals surface area contributed by atoms with Gasteiger partial charge in [0, 0.05) is 23.7 Å². The quantitative estimate of drug-likeness (QED) is 0.651. The molecular formula is C20H26N2O3S. The summed E-state index contributed by atoms with van der Waals surface area (Å²) in [5.74, 6) is 1.23. The second-order valence-corrected chi connectivity index (χ2v) is 7.48. The molecule has 1 fully saturated rings. The highest BCUT2D eigenvalue weighted by atomic mass is 32.1. The Morgan fingerprint density at radius 1 is 1.23 bits per heavy atom. The molecule has 1 aliphatic rings. The number of thiophene rings is 1. The number of anilines is 1. The van der Waals surface area contributed by atoms with Gasteiger partial charge in [-0.25, -0.2) is 4.79 Å². The van der Waals surface area contributed by atoms with Gasteiger partial charge in [-0.1, -0.05) is 25.0 Å². The van der Waals surface area contributed by atoms with Gasteiger partial charge in [0.1, 0.15) is 12.4 Å². The standard InChI is InChI=1S/C20H26N2O3S/c1-24-11-12-25-17-9-4-8-16(14-17)21-20(23)22-19(15-6-2-3-7-15)18-10-5-13-26-18/h4-5,8-10,13-15,19H,2-3,6-7,11-12H2,1H3,(H2,21,22,23). The summed E-state index contributed by atoms with van der Waals surface area (Å²) in [6, 6.07) is 11.5. The molecule has 2 aromatic rings. The van der Waals surface area contributed by atoms with Gasteiger partial charge in [-0.3, -0.25) is 0 Å². The molecular weight excluding hydrogens is 348 g/mol. The van der Waals surface area contributed by atoms with Crippen LogP contribution in [0.2, 0.25) is 0 Å². The molecule has 6 heteroatoms. The first kappa shape index (κ1) is 18.7. The van der Waals surface area contributed by atoms with Gasteiger partial charge in [0.15, 0.2) is 0 Å². The number of carbonyl (C=O) groups excluding carboxylic acids is 1. The van der Waals surface area contributed by atoms with Gasteiger partial charge in [0.05, 0.1) is 12.6 Å². The zero-order chi connectivity index (χ0) is 18.2. The Morgan fingerprint density at radius 3 is 2.81 bits per heavy atom. The van der Waals surface area contributed by atoms with E-state index in [-0.39, 0.29) is 12.1 Å². The van der Waals surface area contributed by atoms with Gasteiger partial charge in [0.25, 0.3) is 0 Å². The number of methoxy groups -OCH3 is 1. The van der Waals surface area contributed by atoms with Crippen LogP contribution in [0.4, 0.5) is 10.5 Å². The van der Waals surface area contributed by atoms with Crippen LogP contribution < -0.4 is 15.4 Å². The Morgan fingerprint density at radius 2 is 2.08 bits per heavy atom. The summed E-state index contributed by atoms with van der Waals surface area (Å²) in [6.07, 6.45) is 4.84. The molecule has 0 saturated heterocycles. The lowest BCUT2D eigenvalue weighted by Gasteiger charge is -2.24. The third kappa shape index (κ3) is 5.22. The van der Waals surface area contributed by atoms with Crippen molar-refractivity contribution in [2.24, 2.45) is 5.92 Å². The Hall–Kier alpha value is -2.05. The summed E-state index contributed by atoms with van der Waals surface area (Å²) >= 11 is 1.71. The molecule has 2 amide bonds. The maximum atomic E-state index is 12.6. The molecule has 26 heavy (non-hydrogen) atoms. The second kappa shape index (κ2) is 9.59. The van der Waals surface area contributed by atoms with E-state index < -0.39 is 0 Å². The van der Waals surface area contributed by atoms with Crippen molar-refractivity contribution in [1.29, 1.82) is 0 Å². The fourth-order valence-electron chi connectivity index (χ4n) is 3.40. The third-order valence-electron chi connectivity index (χ3n) is 4.66. The number of benzene rings is 1. The van der Waals surface area contributed by atoms with E-state index in [1.807, 2.05) is 30.3 Å². The van der Waals surface area contributed by atoms with Crippen LogP contribution in [0.15, 0.2) is 41.8 Å². The molecule has 2 N–H and O–H groups in total. The number of amides is 2. The molecule has 1 aromatic heterocycles. The van der Waals surface area contributed by atoms with Crippen molar-refractivity contribution in [2.75, 3.05) is 25.6 Å². The van der Waals surface area contributed by atoms with Crippen molar-refractivity contribution in [3.63, 3.8) is 0 Å². The Labute approximate surface area is 158 Å². The predicted octanol–water partition coefficient (Wildman–Crippen LogP) is 4.83. The van der Waals surface area contributed by atoms with Gasteiger partial charge < -0.3 is 20.1 Å². The van der Waals surface area contributed by atoms with Crippen LogP contribution in [0.25, 0.3) is 0 Å². The minimum absolute atomic E-state index is 0.0821. The molecule has 0 bridgehead atoms. The number of carbonyl (C=O) groups is 1. The van der Waals surface area contributed by atoms with E-state index in [9.17, 15) is 4.79 Å². The molecule has 1 saturated carbocycles. The first-order valence-corrected chi connectivity index (χ1v) is 9.97. The minimum Gasteiger partial charge on any atom is -0.491 e. The molecule has 1 unspecified atom stereocenters. The maximum absolute atomic E-state index is 12.6. The lowest BCUT2D eigenvalue weighted by Crippen LogP contribution is -2.35. The van der Waals surface area contributed by atoms with Crippen molar-refractivity contribution in [1.82, 2.24) is 5.32 Å². The topological polar surface area (TPSA) is 59.6 Å². The van der Waals surface area contributed by atoms with Crippen LogP contribution in [0.1, 0.15) is 36.6 Å². The first-order chi connectivity index (χ1) is 12.8. The number of urea groups is 1. The van der Waals surface area contributed by atoms with Crippen molar-refractivity contribution >= 4 is 23.1 Å². The number of rotatable bonds is 8. The SMILES string of the molecule is COCCOc1cccc(NC(=O)NC(c2cccs2)C2CCCC2)c1. The number of hydrogen-bond donors (Lipinski definition) is 2. The second-order valence-electron chi connectivity index (χ2n) is 6.51. The molecule has 3 rings (SSSR count). The summed E-state index contributed by atoms with van der Waals surface area (Å²) in [5, 5.41) is 8.18. The summed E-state index contributed by atoms with van der Waals surface area (Å²) in [6.45, 7) is 1.01. The molecule has 0 spiro atoms. The Kier molecular flexibility index (Phi) is 6.91. The Bertz CT molecular complexity index is 684. The van der Waals surface area contributed by atoms with Crippen molar-refractivity contribution in [3.05, 3.63) is 46.7 Å². The molecule has 1 atom stereocenters. The molecule has 0 radical (unpaired) electrons. The van der Waals surface area contributed by atoms with Gasteiger partial charge in [-0.2, -0.15) is 0 Å². The van der Waals surface area contributed by atoms with E-state index in [0.29, 0.717) is 30.6 Å². The first-order valence-electron chi connectivity index (χ1n) is 9.09. The third-order valence-corrected chi connectivity index (χ3v) is 5.61. The van der Waals surface area contributed by atoms with E-state index in [1.165, 1.54) is 30.6 Å². The van der Waals surface area contributed by atoms with E-state index >= 15 is 0 Å². The van der Waals surface area contributed by atoms with E-state index in [4.69, 9.17) is 9.47 Å².